The number of likely N-dealkylation sites (N-methyl/N-ethyl adjacent to an activating group) is 1. The number of pyridine rings is 1. The van der Waals surface area contributed by atoms with Crippen LogP contribution >= 0.6 is 0 Å². The molecule has 0 saturated carbocycles. The van der Waals surface area contributed by atoms with Crippen molar-refractivity contribution in [3.63, 3.8) is 0 Å². The number of anilines is 2. The molecule has 6 rings (SSSR count). The van der Waals surface area contributed by atoms with Crippen molar-refractivity contribution in [2.75, 3.05) is 56.2 Å². The SMILES string of the molecule is CN1CCC[C@H]1COc1nc2c(c(N3CCN(C(C)(C)C)C(CC#N)C3)n1)CCN(c1cccc3cnccc13)C2. The molecule has 1 unspecified atom stereocenters. The van der Waals surface area contributed by atoms with Gasteiger partial charge >= 0.3 is 6.01 Å². The summed E-state index contributed by atoms with van der Waals surface area (Å²) in [4.78, 5) is 24.1. The van der Waals surface area contributed by atoms with Gasteiger partial charge in [-0.2, -0.15) is 15.2 Å². The minimum absolute atomic E-state index is 0.00870. The minimum atomic E-state index is 0.00870. The third-order valence-corrected chi connectivity index (χ3v) is 9.07. The van der Waals surface area contributed by atoms with E-state index in [1.165, 1.54) is 23.1 Å². The van der Waals surface area contributed by atoms with E-state index in [4.69, 9.17) is 14.7 Å². The number of nitrogens with zero attached hydrogens (tertiary/aromatic N) is 8. The van der Waals surface area contributed by atoms with Crippen LogP contribution in [0.1, 0.15) is 51.3 Å². The highest BCUT2D eigenvalue weighted by molar-refractivity contribution is 5.93. The molecule has 2 saturated heterocycles. The molecule has 0 radical (unpaired) electrons. The molecule has 2 aromatic heterocycles. The van der Waals surface area contributed by atoms with Crippen LogP contribution in [0.5, 0.6) is 6.01 Å². The largest absolute Gasteiger partial charge is 0.462 e. The Hall–Kier alpha value is -3.48. The van der Waals surface area contributed by atoms with E-state index in [0.717, 1.165) is 62.5 Å². The Morgan fingerprint density at radius 3 is 2.71 bits per heavy atom. The Bertz CT molecular complexity index is 1420. The molecular formula is C32H42N8O. The Balaban J connectivity index is 1.33. The van der Waals surface area contributed by atoms with E-state index in [0.29, 0.717) is 31.6 Å². The molecule has 2 fully saturated rings. The maximum atomic E-state index is 9.65. The van der Waals surface area contributed by atoms with Crippen molar-refractivity contribution in [1.29, 1.82) is 5.26 Å². The second kappa shape index (κ2) is 11.4. The number of hydrogen-bond acceptors (Lipinski definition) is 9. The van der Waals surface area contributed by atoms with E-state index in [1.54, 1.807) is 0 Å². The van der Waals surface area contributed by atoms with Gasteiger partial charge in [-0.1, -0.05) is 12.1 Å². The van der Waals surface area contributed by atoms with Crippen LogP contribution in [0.2, 0.25) is 0 Å². The Kier molecular flexibility index (Phi) is 7.71. The maximum Gasteiger partial charge on any atom is 0.318 e. The Labute approximate surface area is 243 Å². The van der Waals surface area contributed by atoms with Gasteiger partial charge in [0, 0.05) is 78.2 Å². The first-order valence-electron chi connectivity index (χ1n) is 15.0. The quantitative estimate of drug-likeness (QED) is 0.444. The summed E-state index contributed by atoms with van der Waals surface area (Å²) in [5.74, 6) is 0.989. The first-order valence-corrected chi connectivity index (χ1v) is 15.0. The monoisotopic (exact) mass is 554 g/mol. The Morgan fingerprint density at radius 1 is 1.05 bits per heavy atom. The number of hydrogen-bond donors (Lipinski definition) is 0. The predicted octanol–water partition coefficient (Wildman–Crippen LogP) is 4.26. The summed E-state index contributed by atoms with van der Waals surface area (Å²) in [6.07, 6.45) is 7.50. The molecule has 3 aliphatic rings. The first kappa shape index (κ1) is 27.7. The number of aromatic nitrogens is 3. The molecule has 9 heteroatoms. The van der Waals surface area contributed by atoms with E-state index < -0.39 is 0 Å². The summed E-state index contributed by atoms with van der Waals surface area (Å²) in [7, 11) is 2.17. The zero-order valence-corrected chi connectivity index (χ0v) is 24.9. The fourth-order valence-corrected chi connectivity index (χ4v) is 6.87. The van der Waals surface area contributed by atoms with E-state index >= 15 is 0 Å². The van der Waals surface area contributed by atoms with Crippen LogP contribution in [0.15, 0.2) is 36.7 Å². The van der Waals surface area contributed by atoms with Gasteiger partial charge in [-0.05, 0) is 65.8 Å². The van der Waals surface area contributed by atoms with Gasteiger partial charge in [-0.3, -0.25) is 9.88 Å². The number of piperazine rings is 1. The van der Waals surface area contributed by atoms with Crippen molar-refractivity contribution >= 4 is 22.3 Å². The van der Waals surface area contributed by atoms with Crippen LogP contribution in [0, 0.1) is 11.3 Å². The zero-order valence-electron chi connectivity index (χ0n) is 24.9. The van der Waals surface area contributed by atoms with E-state index in [-0.39, 0.29) is 11.6 Å². The van der Waals surface area contributed by atoms with Gasteiger partial charge in [0.15, 0.2) is 0 Å². The van der Waals surface area contributed by atoms with Gasteiger partial charge in [0.05, 0.1) is 24.7 Å². The lowest BCUT2D eigenvalue weighted by Gasteiger charge is -2.48. The second-order valence-corrected chi connectivity index (χ2v) is 12.7. The lowest BCUT2D eigenvalue weighted by molar-refractivity contribution is 0.0725. The summed E-state index contributed by atoms with van der Waals surface area (Å²) < 4.78 is 6.34. The number of rotatable bonds is 6. The normalized spacial score (nSPS) is 22.1. The van der Waals surface area contributed by atoms with E-state index in [1.807, 2.05) is 12.4 Å². The molecule has 3 aromatic rings. The van der Waals surface area contributed by atoms with Crippen LogP contribution in [0.3, 0.4) is 0 Å². The highest BCUT2D eigenvalue weighted by atomic mass is 16.5. The molecule has 0 bridgehead atoms. The average Bonchev–Trinajstić information content (AvgIpc) is 3.39. The van der Waals surface area contributed by atoms with Crippen molar-refractivity contribution in [1.82, 2.24) is 24.8 Å². The lowest BCUT2D eigenvalue weighted by Crippen LogP contribution is -2.59. The molecule has 1 aromatic carbocycles. The number of nitriles is 1. The smallest absolute Gasteiger partial charge is 0.318 e. The van der Waals surface area contributed by atoms with E-state index in [2.05, 4.69) is 82.7 Å². The molecule has 41 heavy (non-hydrogen) atoms. The maximum absolute atomic E-state index is 9.65. The molecular weight excluding hydrogens is 512 g/mol. The number of benzene rings is 1. The fraction of sp³-hybridized carbons (Fsp3) is 0.562. The topological polar surface area (TPSA) is 84.7 Å². The molecule has 216 valence electrons. The van der Waals surface area contributed by atoms with Crippen molar-refractivity contribution in [3.8, 4) is 12.1 Å². The Morgan fingerprint density at radius 2 is 1.93 bits per heavy atom. The average molecular weight is 555 g/mol. The van der Waals surface area contributed by atoms with Gasteiger partial charge in [-0.25, -0.2) is 0 Å². The summed E-state index contributed by atoms with van der Waals surface area (Å²) >= 11 is 0. The third-order valence-electron chi connectivity index (χ3n) is 9.07. The summed E-state index contributed by atoms with van der Waals surface area (Å²) in [6.45, 7) is 12.6. The molecule has 9 nitrogen and oxygen atoms in total. The highest BCUT2D eigenvalue weighted by Gasteiger charge is 2.36. The predicted molar refractivity (Wildman–Crippen MR) is 162 cm³/mol. The van der Waals surface area contributed by atoms with Crippen LogP contribution in [0.25, 0.3) is 10.8 Å². The standard InChI is InChI=1S/C32H42N8O/c1-32(2,3)40-18-17-39(20-24(40)10-13-33)30-27-12-16-38(29-9-5-7-23-19-34-14-11-26(23)29)21-28(27)35-31(36-30)41-22-25-8-6-15-37(25)4/h5,7,9,11,14,19,24-25H,6,8,10,12,15-18,20-22H2,1-4H3/t24?,25-/m0/s1. The minimum Gasteiger partial charge on any atom is -0.462 e. The van der Waals surface area contributed by atoms with Crippen molar-refractivity contribution in [2.45, 2.75) is 70.6 Å². The van der Waals surface area contributed by atoms with Crippen LogP contribution in [0.4, 0.5) is 11.5 Å². The summed E-state index contributed by atoms with van der Waals surface area (Å²) in [5, 5.41) is 12.0. The van der Waals surface area contributed by atoms with Crippen molar-refractivity contribution < 1.29 is 4.74 Å². The van der Waals surface area contributed by atoms with Gasteiger partial charge in [0.2, 0.25) is 0 Å². The van der Waals surface area contributed by atoms with Gasteiger partial charge < -0.3 is 19.4 Å². The number of fused-ring (bicyclic) bond motifs is 2. The molecule has 0 amide bonds. The highest BCUT2D eigenvalue weighted by Crippen LogP contribution is 2.35. The van der Waals surface area contributed by atoms with Crippen LogP contribution in [-0.2, 0) is 13.0 Å². The number of likely N-dealkylation sites (tertiary alicyclic amines) is 1. The van der Waals surface area contributed by atoms with Crippen LogP contribution < -0.4 is 14.5 Å². The first-order chi connectivity index (χ1) is 19.8. The zero-order chi connectivity index (χ0) is 28.6. The summed E-state index contributed by atoms with van der Waals surface area (Å²) in [5.41, 5.74) is 3.47. The van der Waals surface area contributed by atoms with Crippen LogP contribution in [-0.4, -0.2) is 88.8 Å². The lowest BCUT2D eigenvalue weighted by atomic mass is 9.97. The molecule has 0 aliphatic carbocycles. The van der Waals surface area contributed by atoms with Crippen molar-refractivity contribution in [3.05, 3.63) is 47.9 Å². The number of ether oxygens (including phenoxy) is 1. The summed E-state index contributed by atoms with van der Waals surface area (Å²) in [6, 6.07) is 12.0. The second-order valence-electron chi connectivity index (χ2n) is 12.7. The van der Waals surface area contributed by atoms with Gasteiger partial charge in [-0.15, -0.1) is 0 Å². The molecule has 5 heterocycles. The van der Waals surface area contributed by atoms with Gasteiger partial charge in [0.25, 0.3) is 0 Å². The molecule has 2 atom stereocenters. The molecule has 3 aliphatic heterocycles. The van der Waals surface area contributed by atoms with Gasteiger partial charge in [0.1, 0.15) is 12.4 Å². The van der Waals surface area contributed by atoms with E-state index in [9.17, 15) is 5.26 Å². The van der Waals surface area contributed by atoms with Crippen molar-refractivity contribution in [2.24, 2.45) is 0 Å². The fourth-order valence-electron chi connectivity index (χ4n) is 6.87. The molecule has 0 N–H and O–H groups in total. The molecule has 0 spiro atoms. The third kappa shape index (κ3) is 5.68.